The molecule has 4 rings (SSSR count). The fraction of sp³-hybridized carbons (Fsp3) is 0.0455. The van der Waals surface area contributed by atoms with Crippen LogP contribution in [0.25, 0.3) is 28.1 Å². The van der Waals surface area contributed by atoms with E-state index in [0.717, 1.165) is 22.5 Å². The number of benzene rings is 3. The van der Waals surface area contributed by atoms with Gasteiger partial charge in [-0.2, -0.15) is 5.10 Å². The third kappa shape index (κ3) is 2.97. The summed E-state index contributed by atoms with van der Waals surface area (Å²) in [4.78, 5) is 0. The summed E-state index contributed by atoms with van der Waals surface area (Å²) in [6, 6.07) is 29.1. The first kappa shape index (κ1) is 15.4. The van der Waals surface area contributed by atoms with Crippen molar-refractivity contribution < 1.29 is 0 Å². The van der Waals surface area contributed by atoms with Crippen LogP contribution in [0.2, 0.25) is 0 Å². The average Bonchev–Trinajstić information content (AvgIpc) is 3.13. The molecule has 3 heteroatoms. The van der Waals surface area contributed by atoms with E-state index in [1.807, 2.05) is 35.1 Å². The van der Waals surface area contributed by atoms with Crippen LogP contribution in [0.4, 0.5) is 0 Å². The van der Waals surface area contributed by atoms with Crippen molar-refractivity contribution in [3.05, 3.63) is 96.7 Å². The molecule has 0 aliphatic heterocycles. The van der Waals surface area contributed by atoms with E-state index < -0.39 is 0 Å². The van der Waals surface area contributed by atoms with Gasteiger partial charge in [-0.3, -0.25) is 0 Å². The predicted octanol–water partition coefficient (Wildman–Crippen LogP) is 4.67. The molecule has 0 bridgehead atoms. The summed E-state index contributed by atoms with van der Waals surface area (Å²) in [6.45, 7) is 0.465. The largest absolute Gasteiger partial charge is 0.326 e. The highest BCUT2D eigenvalue weighted by Gasteiger charge is 2.13. The Morgan fingerprint density at radius 1 is 0.680 bits per heavy atom. The molecule has 25 heavy (non-hydrogen) atoms. The van der Waals surface area contributed by atoms with Crippen molar-refractivity contribution in [1.29, 1.82) is 0 Å². The Hall–Kier alpha value is -3.17. The molecule has 1 heterocycles. The summed E-state index contributed by atoms with van der Waals surface area (Å²) >= 11 is 0. The molecule has 0 spiro atoms. The molecule has 0 fully saturated rings. The van der Waals surface area contributed by atoms with Gasteiger partial charge in [-0.1, -0.05) is 72.8 Å². The SMILES string of the molecule is NCc1cnn(-c2ccc(-c3ccccc3)cc2)c1-c1ccccc1. The summed E-state index contributed by atoms with van der Waals surface area (Å²) in [5, 5.41) is 4.57. The van der Waals surface area contributed by atoms with Gasteiger partial charge in [0.2, 0.25) is 0 Å². The summed E-state index contributed by atoms with van der Waals surface area (Å²) < 4.78 is 1.96. The van der Waals surface area contributed by atoms with Gasteiger partial charge in [0, 0.05) is 17.7 Å². The molecule has 0 saturated heterocycles. The lowest BCUT2D eigenvalue weighted by atomic mass is 10.0. The van der Waals surface area contributed by atoms with Gasteiger partial charge in [0.1, 0.15) is 0 Å². The van der Waals surface area contributed by atoms with Gasteiger partial charge in [-0.15, -0.1) is 0 Å². The summed E-state index contributed by atoms with van der Waals surface area (Å²) in [5.41, 5.74) is 12.6. The minimum Gasteiger partial charge on any atom is -0.326 e. The number of hydrogen-bond acceptors (Lipinski definition) is 2. The molecule has 0 aliphatic carbocycles. The van der Waals surface area contributed by atoms with Gasteiger partial charge in [-0.05, 0) is 23.3 Å². The van der Waals surface area contributed by atoms with Crippen LogP contribution in [0.15, 0.2) is 91.1 Å². The van der Waals surface area contributed by atoms with E-state index in [1.165, 1.54) is 11.1 Å². The molecule has 1 aromatic heterocycles. The Morgan fingerprint density at radius 3 is 1.84 bits per heavy atom. The van der Waals surface area contributed by atoms with Gasteiger partial charge < -0.3 is 5.73 Å². The van der Waals surface area contributed by atoms with E-state index in [2.05, 4.69) is 65.8 Å². The third-order valence-corrected chi connectivity index (χ3v) is 4.33. The van der Waals surface area contributed by atoms with Gasteiger partial charge in [0.15, 0.2) is 0 Å². The minimum absolute atomic E-state index is 0.465. The molecular weight excluding hydrogens is 306 g/mol. The number of rotatable bonds is 4. The van der Waals surface area contributed by atoms with Crippen LogP contribution in [0, 0.1) is 0 Å². The Balaban J connectivity index is 1.77. The quantitative estimate of drug-likeness (QED) is 0.593. The van der Waals surface area contributed by atoms with Crippen LogP contribution in [0.5, 0.6) is 0 Å². The number of nitrogens with zero attached hydrogens (tertiary/aromatic N) is 2. The summed E-state index contributed by atoms with van der Waals surface area (Å²) in [5.74, 6) is 0. The van der Waals surface area contributed by atoms with Gasteiger partial charge in [0.25, 0.3) is 0 Å². The average molecular weight is 325 g/mol. The second kappa shape index (κ2) is 6.75. The highest BCUT2D eigenvalue weighted by atomic mass is 15.3. The molecule has 0 amide bonds. The van der Waals surface area contributed by atoms with E-state index in [-0.39, 0.29) is 0 Å². The molecule has 0 unspecified atom stereocenters. The Bertz CT molecular complexity index is 955. The Kier molecular flexibility index (Phi) is 4.15. The minimum atomic E-state index is 0.465. The van der Waals surface area contributed by atoms with Crippen LogP contribution >= 0.6 is 0 Å². The molecular formula is C22H19N3. The molecule has 0 saturated carbocycles. The van der Waals surface area contributed by atoms with Crippen molar-refractivity contribution in [3.63, 3.8) is 0 Å². The lowest BCUT2D eigenvalue weighted by Crippen LogP contribution is -2.02. The number of hydrogen-bond donors (Lipinski definition) is 1. The zero-order chi connectivity index (χ0) is 17.1. The maximum atomic E-state index is 5.93. The standard InChI is InChI=1S/C22H19N3/c23-15-20-16-24-25(22(20)19-9-5-2-6-10-19)21-13-11-18(12-14-21)17-7-3-1-4-8-17/h1-14,16H,15,23H2. The summed E-state index contributed by atoms with van der Waals surface area (Å²) in [7, 11) is 0. The second-order valence-corrected chi connectivity index (χ2v) is 5.91. The molecule has 0 aliphatic rings. The van der Waals surface area contributed by atoms with Crippen molar-refractivity contribution in [1.82, 2.24) is 9.78 Å². The fourth-order valence-electron chi connectivity index (χ4n) is 3.06. The van der Waals surface area contributed by atoms with E-state index in [1.54, 1.807) is 0 Å². The second-order valence-electron chi connectivity index (χ2n) is 5.91. The smallest absolute Gasteiger partial charge is 0.0785 e. The van der Waals surface area contributed by atoms with Crippen molar-refractivity contribution in [2.24, 2.45) is 5.73 Å². The predicted molar refractivity (Wildman–Crippen MR) is 102 cm³/mol. The monoisotopic (exact) mass is 325 g/mol. The first-order valence-corrected chi connectivity index (χ1v) is 8.35. The van der Waals surface area contributed by atoms with E-state index in [0.29, 0.717) is 6.54 Å². The molecule has 3 aromatic carbocycles. The topological polar surface area (TPSA) is 43.8 Å². The van der Waals surface area contributed by atoms with Crippen molar-refractivity contribution >= 4 is 0 Å². The molecule has 0 radical (unpaired) electrons. The molecule has 3 nitrogen and oxygen atoms in total. The van der Waals surface area contributed by atoms with Crippen LogP contribution in [-0.4, -0.2) is 9.78 Å². The van der Waals surface area contributed by atoms with E-state index in [4.69, 9.17) is 5.73 Å². The highest BCUT2D eigenvalue weighted by molar-refractivity contribution is 5.68. The molecule has 122 valence electrons. The lowest BCUT2D eigenvalue weighted by Gasteiger charge is -2.10. The Labute approximate surface area is 147 Å². The van der Waals surface area contributed by atoms with E-state index in [9.17, 15) is 0 Å². The molecule has 0 atom stereocenters. The van der Waals surface area contributed by atoms with Gasteiger partial charge >= 0.3 is 0 Å². The molecule has 4 aromatic rings. The van der Waals surface area contributed by atoms with Crippen LogP contribution < -0.4 is 5.73 Å². The fourth-order valence-corrected chi connectivity index (χ4v) is 3.06. The maximum Gasteiger partial charge on any atom is 0.0785 e. The van der Waals surface area contributed by atoms with E-state index >= 15 is 0 Å². The number of aromatic nitrogens is 2. The summed E-state index contributed by atoms with van der Waals surface area (Å²) in [6.07, 6.45) is 1.85. The third-order valence-electron chi connectivity index (χ3n) is 4.33. The van der Waals surface area contributed by atoms with Crippen LogP contribution in [-0.2, 0) is 6.54 Å². The van der Waals surface area contributed by atoms with Gasteiger partial charge in [0.05, 0.1) is 17.6 Å². The van der Waals surface area contributed by atoms with Gasteiger partial charge in [-0.25, -0.2) is 4.68 Å². The van der Waals surface area contributed by atoms with Crippen molar-refractivity contribution in [2.45, 2.75) is 6.54 Å². The normalized spacial score (nSPS) is 10.8. The highest BCUT2D eigenvalue weighted by Crippen LogP contribution is 2.27. The van der Waals surface area contributed by atoms with Crippen molar-refractivity contribution in [3.8, 4) is 28.1 Å². The zero-order valence-corrected chi connectivity index (χ0v) is 13.8. The number of nitrogens with two attached hydrogens (primary N) is 1. The van der Waals surface area contributed by atoms with Crippen LogP contribution in [0.1, 0.15) is 5.56 Å². The lowest BCUT2D eigenvalue weighted by molar-refractivity contribution is 0.887. The van der Waals surface area contributed by atoms with Crippen molar-refractivity contribution in [2.75, 3.05) is 0 Å². The maximum absolute atomic E-state index is 5.93. The first-order chi connectivity index (χ1) is 12.4. The van der Waals surface area contributed by atoms with Crippen LogP contribution in [0.3, 0.4) is 0 Å². The molecule has 2 N–H and O–H groups in total. The zero-order valence-electron chi connectivity index (χ0n) is 13.8. The first-order valence-electron chi connectivity index (χ1n) is 8.35. The Morgan fingerprint density at radius 2 is 1.24 bits per heavy atom.